The highest BCUT2D eigenvalue weighted by atomic mass is 16.4. The molecular weight excluding hydrogens is 863 g/mol. The molecule has 0 aromatic heterocycles. The Balaban J connectivity index is 1.23. The number of aliphatic imine (C=N–C) groups is 1. The van der Waals surface area contributed by atoms with Crippen molar-refractivity contribution in [1.82, 2.24) is 31.9 Å². The number of phenols is 1. The average Bonchev–Trinajstić information content (AvgIpc) is 3.29. The van der Waals surface area contributed by atoms with E-state index in [1.54, 1.807) is 48.5 Å². The largest absolute Gasteiger partial charge is 0.508 e. The first-order valence-electron chi connectivity index (χ1n) is 21.6. The molecule has 2 aliphatic rings. The second-order valence-electron chi connectivity index (χ2n) is 16.4. The van der Waals surface area contributed by atoms with Crippen LogP contribution in [0.4, 0.5) is 0 Å². The number of ketones is 1. The van der Waals surface area contributed by atoms with E-state index in [1.807, 2.05) is 13.8 Å². The Hall–Kier alpha value is -8.09. The number of hydrogen-bond acceptors (Lipinski definition) is 10. The number of aromatic carboxylic acids is 1. The van der Waals surface area contributed by atoms with Crippen LogP contribution in [0.1, 0.15) is 76.1 Å². The third kappa shape index (κ3) is 14.0. The number of aromatic hydroxyl groups is 1. The molecule has 0 bridgehead atoms. The normalized spacial score (nSPS) is 14.0. The van der Waals surface area contributed by atoms with Gasteiger partial charge in [-0.1, -0.05) is 62.4 Å². The summed E-state index contributed by atoms with van der Waals surface area (Å²) in [6.07, 6.45) is 5.58. The Morgan fingerprint density at radius 3 is 2.15 bits per heavy atom. The molecule has 12 N–H and O–H groups in total. The monoisotopic (exact) mass is 917 g/mol. The van der Waals surface area contributed by atoms with E-state index < -0.39 is 72.6 Å². The molecule has 3 aromatic carbocycles. The molecule has 0 fully saturated rings. The number of carbonyl (C=O) groups excluding carboxylic acids is 7. The first kappa shape index (κ1) is 49.9. The fourth-order valence-electron chi connectivity index (χ4n) is 7.65. The fraction of sp³-hybridized carbons (Fsp3) is 0.312. The number of fused-ring (bicyclic) bond motifs is 2. The number of guanidine groups is 1. The minimum Gasteiger partial charge on any atom is -0.508 e. The van der Waals surface area contributed by atoms with Crippen LogP contribution in [-0.4, -0.2) is 108 Å². The summed E-state index contributed by atoms with van der Waals surface area (Å²) in [4.78, 5) is 108. The molecule has 3 atom stereocenters. The van der Waals surface area contributed by atoms with E-state index in [1.165, 1.54) is 43.5 Å². The number of phenolic OH excluding ortho intramolecular Hbond substituents is 1. The molecule has 5 rings (SSSR count). The molecule has 19 heteroatoms. The molecule has 0 saturated carbocycles. The highest BCUT2D eigenvalue weighted by molar-refractivity contribution is 6.08. The molecule has 0 spiro atoms. The van der Waals surface area contributed by atoms with E-state index in [0.29, 0.717) is 46.3 Å². The van der Waals surface area contributed by atoms with E-state index >= 15 is 0 Å². The summed E-state index contributed by atoms with van der Waals surface area (Å²) >= 11 is 0. The Bertz CT molecular complexity index is 2540. The number of rotatable bonds is 21. The maximum atomic E-state index is 13.9. The van der Waals surface area contributed by atoms with Crippen molar-refractivity contribution in [3.05, 3.63) is 129 Å². The Morgan fingerprint density at radius 2 is 1.46 bits per heavy atom. The lowest BCUT2D eigenvalue weighted by atomic mass is 9.76. The third-order valence-corrected chi connectivity index (χ3v) is 10.8. The summed E-state index contributed by atoms with van der Waals surface area (Å²) in [5.41, 5.74) is 14.5. The summed E-state index contributed by atoms with van der Waals surface area (Å²) in [5.74, 6) is -5.83. The number of nitrogens with zero attached hydrogens (tertiary/aromatic N) is 1. The SMILES string of the molecule is CNC(=O)[C@H](CCCN=C(N)N)NC(=O)[C@H](CC(C)C)NC(=O)[C@@H](Cc1ccccc1)NC(=O)CNC(=O)CNC(=O)c1ccc(C2=C3C=CC(=O)C=C3Cc3cc(O)ccc32)c(C(=O)O)c1. The lowest BCUT2D eigenvalue weighted by Crippen LogP contribution is -2.57. The maximum Gasteiger partial charge on any atom is 0.336 e. The van der Waals surface area contributed by atoms with Crippen LogP contribution in [0.25, 0.3) is 5.57 Å². The second kappa shape index (κ2) is 23.2. The van der Waals surface area contributed by atoms with Gasteiger partial charge in [-0.2, -0.15) is 0 Å². The highest BCUT2D eigenvalue weighted by Crippen LogP contribution is 2.42. The molecule has 352 valence electrons. The van der Waals surface area contributed by atoms with Gasteiger partial charge in [-0.15, -0.1) is 0 Å². The lowest BCUT2D eigenvalue weighted by molar-refractivity contribution is -0.134. The van der Waals surface area contributed by atoms with E-state index in [2.05, 4.69) is 36.9 Å². The first-order chi connectivity index (χ1) is 31.9. The Labute approximate surface area is 386 Å². The van der Waals surface area contributed by atoms with Crippen LogP contribution in [0.5, 0.6) is 5.75 Å². The van der Waals surface area contributed by atoms with Gasteiger partial charge in [0.2, 0.25) is 29.5 Å². The molecular formula is C48H55N9O10. The van der Waals surface area contributed by atoms with Crippen molar-refractivity contribution in [3.63, 3.8) is 0 Å². The van der Waals surface area contributed by atoms with Gasteiger partial charge in [0.25, 0.3) is 5.91 Å². The molecule has 19 nitrogen and oxygen atoms in total. The molecule has 2 aliphatic carbocycles. The number of benzene rings is 3. The van der Waals surface area contributed by atoms with Crippen LogP contribution in [0.3, 0.4) is 0 Å². The van der Waals surface area contributed by atoms with Gasteiger partial charge in [-0.25, -0.2) is 4.79 Å². The van der Waals surface area contributed by atoms with Gasteiger partial charge < -0.3 is 53.6 Å². The number of allylic oxidation sites excluding steroid dienone is 5. The summed E-state index contributed by atoms with van der Waals surface area (Å²) in [5, 5.41) is 35.9. The number of nitrogens with two attached hydrogens (primary N) is 2. The number of hydrogen-bond donors (Lipinski definition) is 10. The van der Waals surface area contributed by atoms with E-state index in [9.17, 15) is 48.6 Å². The van der Waals surface area contributed by atoms with Crippen molar-refractivity contribution in [2.75, 3.05) is 26.7 Å². The summed E-state index contributed by atoms with van der Waals surface area (Å²) in [6.45, 7) is 2.74. The van der Waals surface area contributed by atoms with Gasteiger partial charge in [0.05, 0.1) is 18.7 Å². The van der Waals surface area contributed by atoms with Crippen LogP contribution in [-0.2, 0) is 41.6 Å². The summed E-state index contributed by atoms with van der Waals surface area (Å²) in [7, 11) is 1.43. The van der Waals surface area contributed by atoms with Crippen LogP contribution < -0.4 is 43.4 Å². The fourth-order valence-corrected chi connectivity index (χ4v) is 7.65. The third-order valence-electron chi connectivity index (χ3n) is 10.8. The number of likely N-dealkylation sites (N-methyl/N-ethyl adjacent to an activating group) is 1. The number of carboxylic acid groups (broad SMARTS) is 1. The standard InChI is InChI=1S/C48H55N9O10/c1-26(2)18-38(45(64)56-37(44(63)51-3)10-7-17-52-48(49)50)57-46(65)39(19-27-8-5-4-6-9-27)55-41(61)25-53-40(60)24-54-43(62)28-11-14-35(36(23-28)47(66)67)42-33-15-12-31(58)21-29(33)20-30-22-32(59)13-16-34(30)42/h4-6,8-9,11-16,21-23,26,37-39,58H,7,10,17-20,24-25H2,1-3H3,(H,51,63)(H,53,60)(H,54,62)(H,55,61)(H,56,64)(H,57,65)(H,66,67)(H4,49,50,52)/t37-,38-,39+/m0/s1. The zero-order valence-corrected chi connectivity index (χ0v) is 37.3. The highest BCUT2D eigenvalue weighted by Gasteiger charge is 2.31. The maximum absolute atomic E-state index is 13.9. The zero-order chi connectivity index (χ0) is 48.8. The van der Waals surface area contributed by atoms with Crippen molar-refractivity contribution < 1.29 is 48.6 Å². The molecule has 0 unspecified atom stereocenters. The Morgan fingerprint density at radius 1 is 0.776 bits per heavy atom. The van der Waals surface area contributed by atoms with Crippen molar-refractivity contribution in [3.8, 4) is 5.75 Å². The molecule has 6 amide bonds. The van der Waals surface area contributed by atoms with Gasteiger partial charge in [0.1, 0.15) is 23.9 Å². The van der Waals surface area contributed by atoms with Crippen molar-refractivity contribution >= 4 is 58.7 Å². The number of amides is 6. The molecule has 0 saturated heterocycles. The summed E-state index contributed by atoms with van der Waals surface area (Å²) in [6, 6.07) is 14.3. The minimum absolute atomic E-state index is 0.00334. The Kier molecular flexibility index (Phi) is 17.3. The van der Waals surface area contributed by atoms with Gasteiger partial charge in [-0.3, -0.25) is 38.6 Å². The van der Waals surface area contributed by atoms with E-state index in [4.69, 9.17) is 11.5 Å². The van der Waals surface area contributed by atoms with Crippen LogP contribution in [0.15, 0.2) is 101 Å². The van der Waals surface area contributed by atoms with Crippen molar-refractivity contribution in [2.45, 2.75) is 64.1 Å². The molecule has 0 heterocycles. The van der Waals surface area contributed by atoms with Crippen LogP contribution in [0, 0.1) is 5.92 Å². The topological polar surface area (TPSA) is 314 Å². The van der Waals surface area contributed by atoms with Gasteiger partial charge in [-0.05, 0) is 107 Å². The predicted molar refractivity (Wildman–Crippen MR) is 248 cm³/mol. The van der Waals surface area contributed by atoms with Gasteiger partial charge in [0.15, 0.2) is 11.7 Å². The smallest absolute Gasteiger partial charge is 0.336 e. The quantitative estimate of drug-likeness (QED) is 0.0405. The molecule has 3 aromatic rings. The van der Waals surface area contributed by atoms with E-state index in [0.717, 1.165) is 0 Å². The number of carboxylic acids is 1. The van der Waals surface area contributed by atoms with E-state index in [-0.39, 0.29) is 65.9 Å². The lowest BCUT2D eigenvalue weighted by Gasteiger charge is -2.27. The first-order valence-corrected chi connectivity index (χ1v) is 21.6. The van der Waals surface area contributed by atoms with Gasteiger partial charge >= 0.3 is 5.97 Å². The second-order valence-corrected chi connectivity index (χ2v) is 16.4. The average molecular weight is 918 g/mol. The summed E-state index contributed by atoms with van der Waals surface area (Å²) < 4.78 is 0. The van der Waals surface area contributed by atoms with Gasteiger partial charge in [0, 0.05) is 25.6 Å². The predicted octanol–water partition coefficient (Wildman–Crippen LogP) is 0.903. The number of nitrogens with one attached hydrogen (secondary N) is 6. The number of carbonyl (C=O) groups is 8. The van der Waals surface area contributed by atoms with Crippen LogP contribution in [0.2, 0.25) is 0 Å². The van der Waals surface area contributed by atoms with Crippen LogP contribution >= 0.6 is 0 Å². The molecule has 0 aliphatic heterocycles. The van der Waals surface area contributed by atoms with Crippen molar-refractivity contribution in [1.29, 1.82) is 0 Å². The molecule has 0 radical (unpaired) electrons. The molecule has 67 heavy (non-hydrogen) atoms. The minimum atomic E-state index is -1.34. The zero-order valence-electron chi connectivity index (χ0n) is 37.3. The van der Waals surface area contributed by atoms with Crippen molar-refractivity contribution in [2.24, 2.45) is 22.4 Å².